The molecule has 0 aliphatic rings. The molecule has 0 bridgehead atoms. The van der Waals surface area contributed by atoms with E-state index in [1.54, 1.807) is 54.6 Å². The third-order valence-electron chi connectivity index (χ3n) is 7.20. The molecule has 0 radical (unpaired) electrons. The highest BCUT2D eigenvalue weighted by atomic mass is 32.2. The minimum Gasteiger partial charge on any atom is -0.506 e. The molecule has 10 nitrogen and oxygen atoms in total. The Morgan fingerprint density at radius 3 is 1.45 bits per heavy atom. The molecule has 0 fully saturated rings. The Morgan fingerprint density at radius 1 is 0.553 bits per heavy atom. The Kier molecular flexibility index (Phi) is 7.20. The summed E-state index contributed by atoms with van der Waals surface area (Å²) in [5.74, 6) is -0.352. The van der Waals surface area contributed by atoms with Gasteiger partial charge >= 0.3 is 15.6 Å². The molecule has 2 aromatic heterocycles. The molecule has 2 heterocycles. The van der Waals surface area contributed by atoms with Crippen LogP contribution in [0, 0.1) is 0 Å². The van der Waals surface area contributed by atoms with E-state index in [1.807, 2.05) is 54.6 Å². The first-order chi connectivity index (χ1) is 22.6. The molecule has 47 heavy (non-hydrogen) atoms. The van der Waals surface area contributed by atoms with E-state index in [0.29, 0.717) is 27.5 Å². The number of hydrogen-bond acceptors (Lipinski definition) is 8. The Hall–Kier alpha value is -6.02. The van der Waals surface area contributed by atoms with Crippen LogP contribution in [-0.2, 0) is 10.1 Å². The van der Waals surface area contributed by atoms with Gasteiger partial charge in [-0.2, -0.15) is 21.6 Å². The molecule has 0 atom stereocenters. The van der Waals surface area contributed by atoms with Crippen molar-refractivity contribution in [3.8, 4) is 22.9 Å². The number of nitrogens with zero attached hydrogens (tertiary/aromatic N) is 6. The number of aromatic hydroxyl groups is 1. The maximum atomic E-state index is 12.8. The fraction of sp³-hybridized carbons (Fsp3) is 0.0303. The third kappa shape index (κ3) is 5.55. The van der Waals surface area contributed by atoms with Gasteiger partial charge < -0.3 is 9.29 Å². The molecule has 0 spiro atoms. The highest BCUT2D eigenvalue weighted by Gasteiger charge is 2.49. The van der Waals surface area contributed by atoms with Crippen LogP contribution in [0.2, 0.25) is 0 Å². The third-order valence-corrected chi connectivity index (χ3v) is 8.17. The molecular formula is C33H21F3N6O4S. The average Bonchev–Trinajstić information content (AvgIpc) is 3.68. The molecule has 0 aliphatic carbocycles. The number of phenols is 1. The van der Waals surface area contributed by atoms with Gasteiger partial charge in [-0.25, -0.2) is 0 Å². The molecule has 14 heteroatoms. The van der Waals surface area contributed by atoms with Gasteiger partial charge in [-0.15, -0.1) is 30.0 Å². The first-order valence-electron chi connectivity index (χ1n) is 14.0. The molecule has 8 rings (SSSR count). The Labute approximate surface area is 264 Å². The topological polar surface area (TPSA) is 125 Å². The second-order valence-corrected chi connectivity index (χ2v) is 11.8. The lowest BCUT2D eigenvalue weighted by Gasteiger charge is -2.14. The van der Waals surface area contributed by atoms with Crippen LogP contribution in [-0.4, -0.2) is 49.0 Å². The lowest BCUT2D eigenvalue weighted by Crippen LogP contribution is -2.28. The molecule has 0 unspecified atom stereocenters. The fourth-order valence-corrected chi connectivity index (χ4v) is 5.51. The van der Waals surface area contributed by atoms with Gasteiger partial charge in [-0.05, 0) is 47.2 Å². The predicted molar refractivity (Wildman–Crippen MR) is 170 cm³/mol. The van der Waals surface area contributed by atoms with Crippen LogP contribution >= 0.6 is 0 Å². The van der Waals surface area contributed by atoms with Gasteiger partial charge in [0.05, 0.1) is 0 Å². The van der Waals surface area contributed by atoms with Crippen LogP contribution in [0.15, 0.2) is 121 Å². The van der Waals surface area contributed by atoms with Gasteiger partial charge in [-0.3, -0.25) is 0 Å². The van der Waals surface area contributed by atoms with Crippen LogP contribution < -0.4 is 4.18 Å². The van der Waals surface area contributed by atoms with E-state index in [1.165, 1.54) is 10.9 Å². The van der Waals surface area contributed by atoms with Crippen molar-refractivity contribution in [3.05, 3.63) is 121 Å². The zero-order valence-electron chi connectivity index (χ0n) is 23.9. The van der Waals surface area contributed by atoms with Crippen molar-refractivity contribution in [2.24, 2.45) is 0 Å². The monoisotopic (exact) mass is 654 g/mol. The molecule has 0 aliphatic heterocycles. The molecule has 0 amide bonds. The summed E-state index contributed by atoms with van der Waals surface area (Å²) in [7, 11) is -5.85. The van der Waals surface area contributed by atoms with Crippen LogP contribution in [0.25, 0.3) is 55.0 Å². The second-order valence-electron chi connectivity index (χ2n) is 10.2. The van der Waals surface area contributed by atoms with Gasteiger partial charge in [0.2, 0.25) is 0 Å². The van der Waals surface area contributed by atoms with Gasteiger partial charge in [0.15, 0.2) is 5.75 Å². The first kappa shape index (κ1) is 29.7. The largest absolute Gasteiger partial charge is 0.534 e. The average molecular weight is 655 g/mol. The summed E-state index contributed by atoms with van der Waals surface area (Å²) in [5, 5.41) is 30.6. The van der Waals surface area contributed by atoms with Gasteiger partial charge in [0.1, 0.15) is 39.2 Å². The lowest BCUT2D eigenvalue weighted by molar-refractivity contribution is -0.0500. The molecule has 234 valence electrons. The minimum absolute atomic E-state index is 0.00266. The van der Waals surface area contributed by atoms with Crippen LogP contribution in [0.5, 0.6) is 11.5 Å². The predicted octanol–water partition coefficient (Wildman–Crippen LogP) is 7.08. The molecule has 0 saturated carbocycles. The van der Waals surface area contributed by atoms with E-state index >= 15 is 0 Å². The number of phenolic OH excluding ortho intramolecular Hbond substituents is 1. The van der Waals surface area contributed by atoms with E-state index in [2.05, 4.69) is 24.6 Å². The summed E-state index contributed by atoms with van der Waals surface area (Å²) >= 11 is 0. The van der Waals surface area contributed by atoms with E-state index < -0.39 is 21.4 Å². The standard InChI is InChI=1S/C17H10F3N3O3S.C16H11N3O/c18-17(19,20)27(24,25)26-15-10-9-11-5-1-2-6-12(11)16(15)23-21-13-7-3-4-8-14(13)22-23;20-15-10-9-11-5-1-2-6-12(11)16(15)19-17-13-7-3-4-8-14(13)18-19/h1-10H;1-10,20H. The Balaban J connectivity index is 0.000000156. The first-order valence-corrected chi connectivity index (χ1v) is 15.4. The number of halogens is 3. The zero-order valence-corrected chi connectivity index (χ0v) is 24.8. The van der Waals surface area contributed by atoms with Gasteiger partial charge in [0, 0.05) is 10.8 Å². The SMILES string of the molecule is O=S(=O)(Oc1ccc2ccccc2c1-n1nc2ccccc2n1)C(F)(F)F.Oc1ccc2ccccc2c1-n1nc2ccccc2n1. The smallest absolute Gasteiger partial charge is 0.506 e. The number of benzene rings is 6. The Bertz CT molecular complexity index is 2480. The van der Waals surface area contributed by atoms with Crippen LogP contribution in [0.3, 0.4) is 0 Å². The van der Waals surface area contributed by atoms with Crippen molar-refractivity contribution in [2.75, 3.05) is 0 Å². The van der Waals surface area contributed by atoms with Gasteiger partial charge in [-0.1, -0.05) is 84.9 Å². The lowest BCUT2D eigenvalue weighted by atomic mass is 10.1. The molecule has 1 N–H and O–H groups in total. The van der Waals surface area contributed by atoms with E-state index in [0.717, 1.165) is 32.7 Å². The van der Waals surface area contributed by atoms with E-state index in [4.69, 9.17) is 0 Å². The van der Waals surface area contributed by atoms with Crippen molar-refractivity contribution in [3.63, 3.8) is 0 Å². The normalized spacial score (nSPS) is 12.0. The molecular weight excluding hydrogens is 633 g/mol. The van der Waals surface area contributed by atoms with Crippen molar-refractivity contribution < 1.29 is 30.9 Å². The second kappa shape index (κ2) is 11.4. The highest BCUT2D eigenvalue weighted by molar-refractivity contribution is 7.88. The number of hydrogen-bond donors (Lipinski definition) is 1. The Morgan fingerprint density at radius 2 is 0.957 bits per heavy atom. The molecule has 6 aromatic carbocycles. The summed E-state index contributed by atoms with van der Waals surface area (Å²) in [6, 6.07) is 35.3. The van der Waals surface area contributed by atoms with Crippen molar-refractivity contribution >= 4 is 53.7 Å². The fourth-order valence-electron chi connectivity index (χ4n) is 5.05. The number of rotatable bonds is 4. The highest BCUT2D eigenvalue weighted by Crippen LogP contribution is 2.35. The van der Waals surface area contributed by atoms with Crippen molar-refractivity contribution in [2.45, 2.75) is 5.51 Å². The number of alkyl halides is 3. The van der Waals surface area contributed by atoms with Gasteiger partial charge in [0.25, 0.3) is 0 Å². The van der Waals surface area contributed by atoms with Crippen molar-refractivity contribution in [1.82, 2.24) is 30.0 Å². The summed E-state index contributed by atoms with van der Waals surface area (Å²) in [4.78, 5) is 2.58. The van der Waals surface area contributed by atoms with Crippen LogP contribution in [0.1, 0.15) is 0 Å². The number of aromatic nitrogens is 6. The maximum absolute atomic E-state index is 12.8. The van der Waals surface area contributed by atoms with E-state index in [-0.39, 0.29) is 11.4 Å². The summed E-state index contributed by atoms with van der Waals surface area (Å²) < 4.78 is 65.8. The zero-order chi connectivity index (χ0) is 32.8. The molecule has 8 aromatic rings. The summed E-state index contributed by atoms with van der Waals surface area (Å²) in [5.41, 5.74) is -2.35. The maximum Gasteiger partial charge on any atom is 0.534 e. The number of fused-ring (bicyclic) bond motifs is 4. The quantitative estimate of drug-likeness (QED) is 0.158. The van der Waals surface area contributed by atoms with Crippen LogP contribution in [0.4, 0.5) is 13.2 Å². The van der Waals surface area contributed by atoms with Crippen molar-refractivity contribution in [1.29, 1.82) is 0 Å². The van der Waals surface area contributed by atoms with E-state index in [9.17, 15) is 26.7 Å². The summed E-state index contributed by atoms with van der Waals surface area (Å²) in [6.45, 7) is 0. The minimum atomic E-state index is -5.85. The summed E-state index contributed by atoms with van der Waals surface area (Å²) in [6.07, 6.45) is 0. The molecule has 0 saturated heterocycles.